The van der Waals surface area contributed by atoms with Crippen molar-refractivity contribution in [3.63, 3.8) is 0 Å². The number of fused-ring (bicyclic) bond motifs is 1. The van der Waals surface area contributed by atoms with Gasteiger partial charge in [0.2, 0.25) is 5.95 Å². The van der Waals surface area contributed by atoms with Crippen LogP contribution in [0.4, 0.5) is 16.0 Å². The lowest BCUT2D eigenvalue weighted by Crippen LogP contribution is -2.41. The van der Waals surface area contributed by atoms with Crippen LogP contribution in [0, 0.1) is 12.7 Å². The van der Waals surface area contributed by atoms with Gasteiger partial charge < -0.3 is 5.32 Å². The van der Waals surface area contributed by atoms with Crippen molar-refractivity contribution in [1.82, 2.24) is 28.9 Å². The van der Waals surface area contributed by atoms with Crippen molar-refractivity contribution >= 4 is 45.7 Å². The predicted octanol–water partition coefficient (Wildman–Crippen LogP) is 4.22. The van der Waals surface area contributed by atoms with Crippen molar-refractivity contribution < 1.29 is 4.39 Å². The molecule has 2 aromatic carbocycles. The second kappa shape index (κ2) is 9.21. The van der Waals surface area contributed by atoms with Gasteiger partial charge in [-0.1, -0.05) is 29.3 Å². The summed E-state index contributed by atoms with van der Waals surface area (Å²) in [5.74, 6) is -0.635. The maximum atomic E-state index is 13.7. The van der Waals surface area contributed by atoms with Crippen LogP contribution in [-0.2, 0) is 13.6 Å². The molecule has 0 radical (unpaired) electrons. The van der Waals surface area contributed by atoms with Gasteiger partial charge in [-0.2, -0.15) is 10.1 Å². The summed E-state index contributed by atoms with van der Waals surface area (Å²) in [7, 11) is 1.79. The molecular weight excluding hydrogens is 508 g/mol. The molecule has 182 valence electrons. The van der Waals surface area contributed by atoms with Crippen molar-refractivity contribution in [3.8, 4) is 5.69 Å². The van der Waals surface area contributed by atoms with Gasteiger partial charge in [0.05, 0.1) is 39.7 Å². The van der Waals surface area contributed by atoms with Crippen molar-refractivity contribution in [2.75, 3.05) is 5.32 Å². The monoisotopic (exact) mass is 525 g/mol. The van der Waals surface area contributed by atoms with E-state index in [0.717, 1.165) is 15.5 Å². The van der Waals surface area contributed by atoms with Crippen molar-refractivity contribution in [3.05, 3.63) is 103 Å². The fraction of sp³-hybridized carbons (Fsp3) is 0.125. The van der Waals surface area contributed by atoms with Crippen LogP contribution in [0.15, 0.2) is 64.6 Å². The molecule has 12 heteroatoms. The maximum absolute atomic E-state index is 13.7. The van der Waals surface area contributed by atoms with E-state index in [1.165, 1.54) is 29.0 Å². The summed E-state index contributed by atoms with van der Waals surface area (Å²) in [4.78, 5) is 34.9. The molecule has 36 heavy (non-hydrogen) atoms. The topological polar surface area (TPSA) is 99.6 Å². The second-order valence-corrected chi connectivity index (χ2v) is 9.02. The van der Waals surface area contributed by atoms with E-state index in [4.69, 9.17) is 23.2 Å². The molecule has 9 nitrogen and oxygen atoms in total. The number of hydrogen-bond donors (Lipinski definition) is 1. The van der Waals surface area contributed by atoms with E-state index in [2.05, 4.69) is 20.4 Å². The molecule has 5 rings (SSSR count). The van der Waals surface area contributed by atoms with Gasteiger partial charge in [-0.15, -0.1) is 0 Å². The van der Waals surface area contributed by atoms with E-state index in [9.17, 15) is 14.0 Å². The van der Waals surface area contributed by atoms with Crippen LogP contribution in [0.2, 0.25) is 10.0 Å². The number of hydrogen-bond acceptors (Lipinski definition) is 6. The quantitative estimate of drug-likeness (QED) is 0.368. The summed E-state index contributed by atoms with van der Waals surface area (Å²) < 4.78 is 17.5. The Morgan fingerprint density at radius 1 is 1.06 bits per heavy atom. The Bertz CT molecular complexity index is 1760. The molecule has 5 aromatic rings. The Labute approximate surface area is 213 Å². The van der Waals surface area contributed by atoms with Crippen LogP contribution in [0.5, 0.6) is 0 Å². The zero-order valence-corrected chi connectivity index (χ0v) is 20.5. The third-order valence-electron chi connectivity index (χ3n) is 5.47. The van der Waals surface area contributed by atoms with Crippen molar-refractivity contribution in [2.24, 2.45) is 7.05 Å². The Morgan fingerprint density at radius 3 is 2.61 bits per heavy atom. The van der Waals surface area contributed by atoms with Crippen LogP contribution < -0.4 is 16.7 Å². The van der Waals surface area contributed by atoms with Crippen LogP contribution in [-0.4, -0.2) is 28.9 Å². The highest BCUT2D eigenvalue weighted by Gasteiger charge is 2.18. The largest absolute Gasteiger partial charge is 0.359 e. The summed E-state index contributed by atoms with van der Waals surface area (Å²) in [6.07, 6.45) is 4.81. The van der Waals surface area contributed by atoms with E-state index in [0.29, 0.717) is 21.8 Å². The van der Waals surface area contributed by atoms with E-state index in [-0.39, 0.29) is 23.2 Å². The zero-order chi connectivity index (χ0) is 25.6. The third-order valence-corrected chi connectivity index (χ3v) is 6.07. The molecule has 0 saturated heterocycles. The second-order valence-electron chi connectivity index (χ2n) is 8.21. The lowest BCUT2D eigenvalue weighted by atomic mass is 10.2. The molecule has 0 aliphatic heterocycles. The summed E-state index contributed by atoms with van der Waals surface area (Å²) in [6, 6.07) is 9.17. The number of rotatable bonds is 5. The van der Waals surface area contributed by atoms with E-state index >= 15 is 0 Å². The normalized spacial score (nSPS) is 11.2. The van der Waals surface area contributed by atoms with Gasteiger partial charge >= 0.3 is 11.4 Å². The highest BCUT2D eigenvalue weighted by molar-refractivity contribution is 6.34. The number of nitrogens with zero attached hydrogens (tertiary/aromatic N) is 6. The van der Waals surface area contributed by atoms with Crippen molar-refractivity contribution in [2.45, 2.75) is 13.5 Å². The fourth-order valence-electron chi connectivity index (χ4n) is 3.82. The SMILES string of the molecule is Cc1cncc(-n2c(=O)nc(Nc3cc4cn(C)nc4cc3Cl)n(Cc3ccc(F)c(Cl)c3)c2=O)c1. The van der Waals surface area contributed by atoms with E-state index in [1.807, 2.05) is 0 Å². The Morgan fingerprint density at radius 2 is 1.86 bits per heavy atom. The first kappa shape index (κ1) is 23.7. The minimum atomic E-state index is -0.804. The molecule has 0 aliphatic rings. The van der Waals surface area contributed by atoms with Gasteiger partial charge in [0.15, 0.2) is 0 Å². The van der Waals surface area contributed by atoms with Crippen LogP contribution in [0.25, 0.3) is 16.6 Å². The van der Waals surface area contributed by atoms with Gasteiger partial charge in [-0.05, 0) is 48.4 Å². The molecule has 3 heterocycles. The number of aromatic nitrogens is 6. The Balaban J connectivity index is 1.68. The van der Waals surface area contributed by atoms with Crippen LogP contribution in [0.3, 0.4) is 0 Å². The Kier molecular flexibility index (Phi) is 6.07. The molecule has 0 amide bonds. The maximum Gasteiger partial charge on any atom is 0.359 e. The minimum absolute atomic E-state index is 0.0487. The smallest absolute Gasteiger partial charge is 0.324 e. The first-order valence-corrected chi connectivity index (χ1v) is 11.4. The highest BCUT2D eigenvalue weighted by atomic mass is 35.5. The average Bonchev–Trinajstić information content (AvgIpc) is 3.17. The average molecular weight is 526 g/mol. The first-order valence-electron chi connectivity index (χ1n) is 10.7. The molecule has 0 unspecified atom stereocenters. The molecule has 0 saturated carbocycles. The van der Waals surface area contributed by atoms with Gasteiger partial charge in [0.25, 0.3) is 0 Å². The number of pyridine rings is 1. The van der Waals surface area contributed by atoms with Crippen LogP contribution >= 0.6 is 23.2 Å². The zero-order valence-electron chi connectivity index (χ0n) is 19.0. The predicted molar refractivity (Wildman–Crippen MR) is 136 cm³/mol. The molecule has 0 spiro atoms. The standard InChI is InChI=1S/C24H18Cl2FN7O2/c1-13-5-16(10-28-9-13)34-23(35)30-22(29-21-7-15-12-32(2)31-20(15)8-18(21)26)33(24(34)36)11-14-3-4-19(27)17(25)6-14/h3-10,12H,11H2,1-2H3,(H,29,30,35). The molecule has 0 aliphatic carbocycles. The Hall–Kier alpha value is -4.02. The lowest BCUT2D eigenvalue weighted by molar-refractivity contribution is 0.624. The molecule has 0 bridgehead atoms. The number of anilines is 2. The summed E-state index contributed by atoms with van der Waals surface area (Å²) in [5, 5.41) is 8.35. The number of benzene rings is 2. The molecule has 3 aromatic heterocycles. The lowest BCUT2D eigenvalue weighted by Gasteiger charge is -2.16. The molecular formula is C24H18Cl2FN7O2. The van der Waals surface area contributed by atoms with Crippen LogP contribution in [0.1, 0.15) is 11.1 Å². The summed E-state index contributed by atoms with van der Waals surface area (Å²) in [6.45, 7) is 1.74. The van der Waals surface area contributed by atoms with E-state index in [1.54, 1.807) is 49.2 Å². The number of halogens is 3. The number of aryl methyl sites for hydroxylation is 2. The molecule has 1 N–H and O–H groups in total. The van der Waals surface area contributed by atoms with Gasteiger partial charge in [0, 0.05) is 24.8 Å². The minimum Gasteiger partial charge on any atom is -0.324 e. The molecule has 0 atom stereocenters. The van der Waals surface area contributed by atoms with Gasteiger partial charge in [-0.25, -0.2) is 18.5 Å². The van der Waals surface area contributed by atoms with E-state index < -0.39 is 17.2 Å². The highest BCUT2D eigenvalue weighted by Crippen LogP contribution is 2.29. The third kappa shape index (κ3) is 4.48. The van der Waals surface area contributed by atoms with Gasteiger partial charge in [0.1, 0.15) is 5.82 Å². The number of nitrogens with one attached hydrogen (secondary N) is 1. The summed E-state index contributed by atoms with van der Waals surface area (Å²) in [5.41, 5.74) is 1.17. The fourth-order valence-corrected chi connectivity index (χ4v) is 4.23. The summed E-state index contributed by atoms with van der Waals surface area (Å²) >= 11 is 12.4. The van der Waals surface area contributed by atoms with Gasteiger partial charge in [-0.3, -0.25) is 14.2 Å². The van der Waals surface area contributed by atoms with Crippen molar-refractivity contribution in [1.29, 1.82) is 0 Å². The molecule has 0 fully saturated rings. The first-order chi connectivity index (χ1) is 17.2.